The Morgan fingerprint density at radius 3 is 1.59 bits per heavy atom. The zero-order chi connectivity index (χ0) is 25.8. The average Bonchev–Trinajstić information content (AvgIpc) is 3.18. The predicted molar refractivity (Wildman–Crippen MR) is 119 cm³/mol. The van der Waals surface area contributed by atoms with Crippen molar-refractivity contribution >= 4 is 23.8 Å². The average molecular weight is 812 g/mol. The van der Waals surface area contributed by atoms with Gasteiger partial charge in [-0.3, -0.25) is 38.7 Å². The van der Waals surface area contributed by atoms with Crippen molar-refractivity contribution in [2.75, 3.05) is 78.5 Å². The van der Waals surface area contributed by atoms with E-state index >= 15 is 0 Å². The number of rotatable bonds is 10. The molecule has 37 heavy (non-hydrogen) atoms. The first-order valence-electron chi connectivity index (χ1n) is 11.3. The zero-order valence-corrected chi connectivity index (χ0v) is 25.1. The van der Waals surface area contributed by atoms with E-state index in [1.807, 2.05) is 4.90 Å². The summed E-state index contributed by atoms with van der Waals surface area (Å²) in [6.07, 6.45) is 1.69. The minimum Gasteiger partial charge on any atom is -0.549 e. The Morgan fingerprint density at radius 1 is 0.838 bits per heavy atom. The predicted octanol–water partition coefficient (Wildman–Crippen LogP) is -4.43. The van der Waals surface area contributed by atoms with Gasteiger partial charge in [0.15, 0.2) is 0 Å². The van der Waals surface area contributed by atoms with E-state index in [1.165, 1.54) is 4.68 Å². The van der Waals surface area contributed by atoms with Crippen LogP contribution in [0.15, 0.2) is 6.20 Å². The first-order chi connectivity index (χ1) is 16.6. The normalized spacial score (nSPS) is 16.9. The molecule has 0 saturated carbocycles. The Morgan fingerprint density at radius 2 is 1.24 bits per heavy atom. The summed E-state index contributed by atoms with van der Waals surface area (Å²) >= 11 is 0. The molecule has 1 fully saturated rings. The number of aryl methyl sites for hydroxylation is 1. The topological polar surface area (TPSA) is 187 Å². The maximum atomic E-state index is 12.5. The SMILES string of the molecule is Cn1cc(CNC(=O)CN2CCN(CC(=O)[O-])CCN(CC(=O)O)CCN(CC(=O)O)CC2)nn1.[Gd+3].[Gd]. The minimum atomic E-state index is -1.25. The van der Waals surface area contributed by atoms with Crippen LogP contribution in [0.4, 0.5) is 0 Å². The molecule has 1 aliphatic heterocycles. The van der Waals surface area contributed by atoms with Crippen molar-refractivity contribution in [3.8, 4) is 0 Å². The molecule has 1 aromatic heterocycles. The van der Waals surface area contributed by atoms with Crippen LogP contribution >= 0.6 is 0 Å². The molecule has 0 spiro atoms. The van der Waals surface area contributed by atoms with Gasteiger partial charge in [0.2, 0.25) is 5.91 Å². The summed E-state index contributed by atoms with van der Waals surface area (Å²) in [6, 6.07) is 0. The number of carboxylic acids is 3. The molecule has 3 N–H and O–H groups in total. The van der Waals surface area contributed by atoms with Crippen LogP contribution in [-0.2, 0) is 32.8 Å². The number of hydrogen-bond acceptors (Lipinski definition) is 11. The fourth-order valence-corrected chi connectivity index (χ4v) is 3.70. The van der Waals surface area contributed by atoms with E-state index in [-0.39, 0.29) is 125 Å². The maximum Gasteiger partial charge on any atom is 3.00 e. The molecule has 1 aliphatic rings. The molecular weight excluding hydrogens is 779 g/mol. The van der Waals surface area contributed by atoms with Gasteiger partial charge in [-0.15, -0.1) is 5.10 Å². The first kappa shape index (κ1) is 36.5. The second kappa shape index (κ2) is 19.5. The van der Waals surface area contributed by atoms with Gasteiger partial charge in [-0.05, 0) is 0 Å². The molecule has 15 nitrogen and oxygen atoms in total. The first-order valence-corrected chi connectivity index (χ1v) is 11.3. The number of aliphatic carboxylic acids is 3. The molecule has 0 unspecified atom stereocenters. The Labute approximate surface area is 279 Å². The molecule has 1 amide bonds. The van der Waals surface area contributed by atoms with Crippen LogP contribution in [0.3, 0.4) is 0 Å². The minimum absolute atomic E-state index is 0. The third-order valence-electron chi connectivity index (χ3n) is 5.48. The van der Waals surface area contributed by atoms with Gasteiger partial charge >= 0.3 is 51.9 Å². The summed E-state index contributed by atoms with van der Waals surface area (Å²) in [5, 5.41) is 40.2. The Balaban J connectivity index is 0.00000648. The van der Waals surface area contributed by atoms with E-state index < -0.39 is 17.9 Å². The number of carboxylic acid groups (broad SMARTS) is 3. The molecule has 0 bridgehead atoms. The molecule has 2 heterocycles. The van der Waals surface area contributed by atoms with Crippen LogP contribution in [0.1, 0.15) is 5.69 Å². The monoisotopic (exact) mass is 813 g/mol. The number of nitrogens with zero attached hydrogens (tertiary/aromatic N) is 7. The van der Waals surface area contributed by atoms with Crippen molar-refractivity contribution in [2.45, 2.75) is 6.54 Å². The molecule has 0 aromatic carbocycles. The van der Waals surface area contributed by atoms with E-state index in [9.17, 15) is 34.5 Å². The van der Waals surface area contributed by atoms with Crippen LogP contribution in [0.2, 0.25) is 0 Å². The van der Waals surface area contributed by atoms with Crippen molar-refractivity contribution in [1.82, 2.24) is 39.9 Å². The number of amides is 1. The Hall–Kier alpha value is -0.491. The second-order valence-electron chi connectivity index (χ2n) is 8.42. The van der Waals surface area contributed by atoms with E-state index in [0.29, 0.717) is 51.5 Å². The third kappa shape index (κ3) is 16.3. The van der Waals surface area contributed by atoms with Crippen molar-refractivity contribution in [3.05, 3.63) is 11.9 Å². The summed E-state index contributed by atoms with van der Waals surface area (Å²) in [7, 11) is 1.72. The van der Waals surface area contributed by atoms with Gasteiger partial charge in [-0.1, -0.05) is 5.21 Å². The van der Waals surface area contributed by atoms with Gasteiger partial charge in [-0.25, -0.2) is 0 Å². The molecule has 0 aliphatic carbocycles. The van der Waals surface area contributed by atoms with Gasteiger partial charge in [-0.2, -0.15) is 0 Å². The molecule has 209 valence electrons. The van der Waals surface area contributed by atoms with Crippen LogP contribution in [0, 0.1) is 79.9 Å². The smallest absolute Gasteiger partial charge is 0.549 e. The Bertz CT molecular complexity index is 844. The standard InChI is InChI=1S/C20H34N8O7.2Gd/c1-24-11-16(22-23-24)10-21-17(29)12-25-2-4-26(13-18(30)31)6-8-28(15-20(34)35)9-7-27(5-3-25)14-19(32)33;;/h11H,2-10,12-15H2,1H3,(H,21,29)(H,30,31)(H,32,33)(H,34,35);;/q;;+3/p-1. The van der Waals surface area contributed by atoms with Crippen molar-refractivity contribution < 1.29 is 114 Å². The van der Waals surface area contributed by atoms with E-state index in [0.717, 1.165) is 0 Å². The number of hydrogen-bond donors (Lipinski definition) is 3. The van der Waals surface area contributed by atoms with E-state index in [4.69, 9.17) is 0 Å². The number of carbonyl (C=O) groups is 4. The molecule has 2 rings (SSSR count). The van der Waals surface area contributed by atoms with Gasteiger partial charge in [0.05, 0.1) is 32.1 Å². The van der Waals surface area contributed by atoms with Crippen molar-refractivity contribution in [3.63, 3.8) is 0 Å². The number of nitrogens with one attached hydrogen (secondary N) is 1. The summed E-state index contributed by atoms with van der Waals surface area (Å²) in [4.78, 5) is 53.1. The molecule has 0 atom stereocenters. The van der Waals surface area contributed by atoms with E-state index in [2.05, 4.69) is 15.6 Å². The second-order valence-corrected chi connectivity index (χ2v) is 8.42. The van der Waals surface area contributed by atoms with Gasteiger partial charge in [0.1, 0.15) is 5.69 Å². The van der Waals surface area contributed by atoms with Gasteiger partial charge in [0, 0.05) is 112 Å². The summed E-state index contributed by atoms with van der Waals surface area (Å²) in [5.41, 5.74) is 0.605. The van der Waals surface area contributed by atoms with Gasteiger partial charge < -0.3 is 25.4 Å². The number of carbonyl (C=O) groups excluding carboxylic acids is 2. The molecule has 1 saturated heterocycles. The summed E-state index contributed by atoms with van der Waals surface area (Å²) < 4.78 is 1.53. The van der Waals surface area contributed by atoms with Crippen LogP contribution < -0.4 is 10.4 Å². The van der Waals surface area contributed by atoms with Crippen LogP contribution in [-0.4, -0.2) is 147 Å². The van der Waals surface area contributed by atoms with Crippen LogP contribution in [0.5, 0.6) is 0 Å². The fourth-order valence-electron chi connectivity index (χ4n) is 3.70. The summed E-state index contributed by atoms with van der Waals surface area (Å²) in [5.74, 6) is -3.53. The molecule has 17 heteroatoms. The third-order valence-corrected chi connectivity index (χ3v) is 5.48. The quantitative estimate of drug-likeness (QED) is 0.206. The van der Waals surface area contributed by atoms with Crippen molar-refractivity contribution in [1.29, 1.82) is 0 Å². The van der Waals surface area contributed by atoms with E-state index in [1.54, 1.807) is 27.9 Å². The van der Waals surface area contributed by atoms with Crippen molar-refractivity contribution in [2.24, 2.45) is 7.05 Å². The fraction of sp³-hybridized carbons (Fsp3) is 0.700. The molecular formula is C20H33Gd2N8O7+2. The van der Waals surface area contributed by atoms with Gasteiger partial charge in [0.25, 0.3) is 0 Å². The Kier molecular flexibility index (Phi) is 19.3. The summed E-state index contributed by atoms with van der Waals surface area (Å²) in [6.45, 7) is 2.02. The largest absolute Gasteiger partial charge is 3.00 e. The number of aromatic nitrogens is 3. The zero-order valence-electron chi connectivity index (χ0n) is 20.5. The molecule has 1 radical (unpaired) electrons. The maximum absolute atomic E-state index is 12.5. The van der Waals surface area contributed by atoms with Crippen LogP contribution in [0.25, 0.3) is 0 Å². The molecule has 1 aromatic rings.